The van der Waals surface area contributed by atoms with Gasteiger partial charge in [-0.15, -0.1) is 0 Å². The largest absolute Gasteiger partial charge is 0.482 e. The van der Waals surface area contributed by atoms with Crippen LogP contribution in [0.3, 0.4) is 0 Å². The molecule has 0 amide bonds. The summed E-state index contributed by atoms with van der Waals surface area (Å²) in [5.41, 5.74) is 1.17. The predicted molar refractivity (Wildman–Crippen MR) is 176 cm³/mol. The van der Waals surface area contributed by atoms with E-state index in [1.54, 1.807) is 54.6 Å². The lowest BCUT2D eigenvalue weighted by molar-refractivity contribution is -0.293. The molecule has 0 aliphatic carbocycles. The number of para-hydroxylation sites is 1. The number of aliphatic hydroxyl groups excluding tert-OH is 1. The molecule has 1 aliphatic rings. The van der Waals surface area contributed by atoms with Crippen LogP contribution in [0.4, 0.5) is 0 Å². The van der Waals surface area contributed by atoms with E-state index in [1.165, 1.54) is 0 Å². The topological polar surface area (TPSA) is 110 Å². The van der Waals surface area contributed by atoms with E-state index in [4.69, 9.17) is 28.1 Å². The maximum absolute atomic E-state index is 13.5. The molecule has 10 heteroatoms. The Labute approximate surface area is 272 Å². The summed E-state index contributed by atoms with van der Waals surface area (Å²) in [4.78, 5) is 26.9. The van der Waals surface area contributed by atoms with Crippen LogP contribution in [0.5, 0.6) is 5.75 Å². The van der Waals surface area contributed by atoms with E-state index < -0.39 is 64.2 Å². The van der Waals surface area contributed by atoms with Gasteiger partial charge in [0.1, 0.15) is 18.0 Å². The third kappa shape index (κ3) is 8.83. The minimum absolute atomic E-state index is 0.130. The van der Waals surface area contributed by atoms with E-state index in [-0.39, 0.29) is 17.6 Å². The maximum Gasteiger partial charge on any atom is 0.344 e. The highest BCUT2D eigenvalue weighted by Crippen LogP contribution is 2.46. The Kier molecular flexibility index (Phi) is 12.2. The minimum atomic E-state index is -2.62. The molecule has 3 aromatic rings. The monoisotopic (exact) mass is 650 g/mol. The molecule has 0 aromatic heterocycles. The van der Waals surface area contributed by atoms with Crippen molar-refractivity contribution in [2.75, 3.05) is 13.2 Å². The predicted octanol–water partition coefficient (Wildman–Crippen LogP) is 6.16. The number of hydrogen-bond donors (Lipinski definition) is 1. The van der Waals surface area contributed by atoms with E-state index >= 15 is 0 Å². The number of aliphatic hydroxyl groups is 1. The Morgan fingerprint density at radius 1 is 0.848 bits per heavy atom. The van der Waals surface area contributed by atoms with E-state index in [1.807, 2.05) is 36.4 Å². The summed E-state index contributed by atoms with van der Waals surface area (Å²) in [6, 6.07) is 26.9. The molecule has 9 nitrogen and oxygen atoms in total. The molecule has 5 atom stereocenters. The lowest BCUT2D eigenvalue weighted by atomic mass is 9.98. The van der Waals surface area contributed by atoms with Gasteiger partial charge >= 0.3 is 11.9 Å². The lowest BCUT2D eigenvalue weighted by Crippen LogP contribution is -2.65. The van der Waals surface area contributed by atoms with Crippen LogP contribution in [-0.4, -0.2) is 69.3 Å². The summed E-state index contributed by atoms with van der Waals surface area (Å²) in [7, 11) is -2.62. The highest BCUT2D eigenvalue weighted by molar-refractivity contribution is 6.74. The third-order valence-electron chi connectivity index (χ3n) is 9.08. The summed E-state index contributed by atoms with van der Waals surface area (Å²) in [5, 5.41) is 10.3. The Hall–Kier alpha value is -3.54. The zero-order valence-corrected chi connectivity index (χ0v) is 28.5. The lowest BCUT2D eigenvalue weighted by Gasteiger charge is -2.49. The van der Waals surface area contributed by atoms with Crippen molar-refractivity contribution >= 4 is 20.3 Å². The van der Waals surface area contributed by atoms with Gasteiger partial charge in [0.2, 0.25) is 0 Å². The van der Waals surface area contributed by atoms with Crippen LogP contribution in [-0.2, 0) is 34.8 Å². The number of hydrogen-bond acceptors (Lipinski definition) is 9. The molecule has 4 rings (SSSR count). The van der Waals surface area contributed by atoms with Gasteiger partial charge in [-0.1, -0.05) is 94.4 Å². The molecule has 1 aliphatic heterocycles. The van der Waals surface area contributed by atoms with Crippen LogP contribution >= 0.6 is 0 Å². The van der Waals surface area contributed by atoms with Gasteiger partial charge in [0.25, 0.3) is 0 Å². The minimum Gasteiger partial charge on any atom is -0.482 e. The second-order valence-electron chi connectivity index (χ2n) is 12.8. The van der Waals surface area contributed by atoms with Gasteiger partial charge in [0.05, 0.1) is 18.8 Å². The summed E-state index contributed by atoms with van der Waals surface area (Å²) in [5.74, 6) is -0.591. The number of ether oxygens (including phenoxy) is 5. The maximum atomic E-state index is 13.5. The molecular weight excluding hydrogens is 604 g/mol. The first-order valence-electron chi connectivity index (χ1n) is 15.7. The Morgan fingerprint density at radius 2 is 1.43 bits per heavy atom. The number of rotatable bonds is 14. The van der Waals surface area contributed by atoms with Crippen molar-refractivity contribution in [2.45, 2.75) is 83.1 Å². The molecular formula is C36H46O9Si. The van der Waals surface area contributed by atoms with Gasteiger partial charge < -0.3 is 33.2 Å². The highest BCUT2D eigenvalue weighted by Gasteiger charge is 2.55. The van der Waals surface area contributed by atoms with E-state index in [2.05, 4.69) is 40.8 Å². The van der Waals surface area contributed by atoms with Crippen LogP contribution in [0.2, 0.25) is 18.1 Å². The van der Waals surface area contributed by atoms with Gasteiger partial charge in [-0.3, -0.25) is 0 Å². The van der Waals surface area contributed by atoms with Crippen molar-refractivity contribution in [3.8, 4) is 5.75 Å². The molecule has 1 saturated heterocycles. The van der Waals surface area contributed by atoms with E-state index in [0.29, 0.717) is 11.3 Å². The van der Waals surface area contributed by atoms with Gasteiger partial charge in [-0.25, -0.2) is 9.59 Å². The quantitative estimate of drug-likeness (QED) is 0.162. The van der Waals surface area contributed by atoms with Crippen LogP contribution in [0, 0.1) is 5.92 Å². The molecule has 1 fully saturated rings. The SMILES string of the molecule is CC(C)C(C)(C)[Si](C)(C)O[C@@H]1O[C@H](CO)[C@H](OCc2ccccc2)[C@H](OC(=O)COc2ccccc2)[C@H]1OC(=O)c1ccccc1. The van der Waals surface area contributed by atoms with Crippen molar-refractivity contribution in [3.63, 3.8) is 0 Å². The molecule has 3 aromatic carbocycles. The fourth-order valence-corrected chi connectivity index (χ4v) is 7.56. The van der Waals surface area contributed by atoms with Crippen molar-refractivity contribution in [3.05, 3.63) is 102 Å². The first-order chi connectivity index (χ1) is 21.9. The van der Waals surface area contributed by atoms with Crippen LogP contribution in [0.15, 0.2) is 91.0 Å². The molecule has 46 heavy (non-hydrogen) atoms. The average molecular weight is 651 g/mol. The van der Waals surface area contributed by atoms with Crippen molar-refractivity contribution < 1.29 is 42.8 Å². The molecule has 0 unspecified atom stereocenters. The Balaban J connectivity index is 1.70. The van der Waals surface area contributed by atoms with Gasteiger partial charge in [0.15, 0.2) is 33.4 Å². The number of esters is 2. The molecule has 0 bridgehead atoms. The van der Waals surface area contributed by atoms with E-state index in [9.17, 15) is 14.7 Å². The smallest absolute Gasteiger partial charge is 0.344 e. The zero-order valence-electron chi connectivity index (χ0n) is 27.5. The standard InChI is InChI=1S/C36H46O9Si/c1-25(2)36(3,4)46(5,6)45-35-33(44-34(39)27-18-12-8-13-19-27)32(43-30(38)24-40-28-20-14-9-15-21-28)31(29(22-37)42-35)41-23-26-16-10-7-11-17-26/h7-21,25,29,31-33,35,37H,22-24H2,1-6H3/t29-,31+,32+,33-,35+/m1/s1. The molecule has 248 valence electrons. The molecule has 0 spiro atoms. The number of benzene rings is 3. The Morgan fingerprint density at radius 3 is 2.02 bits per heavy atom. The van der Waals surface area contributed by atoms with Gasteiger partial charge in [-0.2, -0.15) is 0 Å². The normalized spacial score (nSPS) is 21.9. The molecule has 1 heterocycles. The summed E-state index contributed by atoms with van der Waals surface area (Å²) < 4.78 is 37.3. The first kappa shape index (κ1) is 35.3. The van der Waals surface area contributed by atoms with Crippen molar-refractivity contribution in [2.24, 2.45) is 5.92 Å². The van der Waals surface area contributed by atoms with Crippen LogP contribution < -0.4 is 4.74 Å². The second-order valence-corrected chi connectivity index (χ2v) is 17.3. The number of carbonyl (C=O) groups excluding carboxylic acids is 2. The molecule has 0 radical (unpaired) electrons. The first-order valence-corrected chi connectivity index (χ1v) is 18.6. The Bertz CT molecular complexity index is 1380. The van der Waals surface area contributed by atoms with Gasteiger partial charge in [0, 0.05) is 0 Å². The summed E-state index contributed by atoms with van der Waals surface area (Å²) >= 11 is 0. The number of carbonyl (C=O) groups is 2. The van der Waals surface area contributed by atoms with Crippen LogP contribution in [0.25, 0.3) is 0 Å². The van der Waals surface area contributed by atoms with Gasteiger partial charge in [-0.05, 0) is 53.9 Å². The fourth-order valence-electron chi connectivity index (χ4n) is 5.10. The van der Waals surface area contributed by atoms with Crippen molar-refractivity contribution in [1.82, 2.24) is 0 Å². The third-order valence-corrected chi connectivity index (χ3v) is 13.6. The fraction of sp³-hybridized carbons (Fsp3) is 0.444. The van der Waals surface area contributed by atoms with Crippen molar-refractivity contribution in [1.29, 1.82) is 0 Å². The second kappa shape index (κ2) is 15.8. The van der Waals surface area contributed by atoms with Crippen LogP contribution in [0.1, 0.15) is 43.6 Å². The zero-order chi connectivity index (χ0) is 33.3. The van der Waals surface area contributed by atoms with E-state index in [0.717, 1.165) is 5.56 Å². The summed E-state index contributed by atoms with van der Waals surface area (Å²) in [6.07, 6.45) is -5.56. The molecule has 0 saturated carbocycles. The summed E-state index contributed by atoms with van der Waals surface area (Å²) in [6.45, 7) is 12.0. The molecule has 1 N–H and O–H groups in total. The average Bonchev–Trinajstić information content (AvgIpc) is 3.05. The highest BCUT2D eigenvalue weighted by atomic mass is 28.4.